The van der Waals surface area contributed by atoms with Crippen molar-refractivity contribution < 1.29 is 72.4 Å². The van der Waals surface area contributed by atoms with Gasteiger partial charge in [0.25, 0.3) is 11.2 Å². The molecule has 0 bridgehead atoms. The molecule has 0 aliphatic carbocycles. The van der Waals surface area contributed by atoms with E-state index in [1.807, 2.05) is 0 Å². The lowest BCUT2D eigenvalue weighted by Crippen LogP contribution is -2.60. The molecule has 0 aliphatic rings. The Labute approximate surface area is 238 Å². The predicted octanol–water partition coefficient (Wildman–Crippen LogP) is 7.97. The topological polar surface area (TPSA) is 58.9 Å². The summed E-state index contributed by atoms with van der Waals surface area (Å²) in [5, 5.41) is 18.6. The molecular formula is C26H18F12O4S. The van der Waals surface area contributed by atoms with E-state index in [1.165, 1.54) is 18.2 Å². The van der Waals surface area contributed by atoms with Crippen molar-refractivity contribution in [1.82, 2.24) is 0 Å². The van der Waals surface area contributed by atoms with E-state index in [4.69, 9.17) is 4.74 Å². The maximum atomic E-state index is 13.0. The maximum Gasteiger partial charge on any atom is 0.429 e. The molecule has 4 nitrogen and oxygen atoms in total. The van der Waals surface area contributed by atoms with E-state index in [0.717, 1.165) is 36.0 Å². The zero-order valence-electron chi connectivity index (χ0n) is 21.0. The Morgan fingerprint density at radius 1 is 0.535 bits per heavy atom. The molecule has 236 valence electrons. The molecule has 0 saturated carbocycles. The minimum atomic E-state index is -6.10. The molecule has 0 unspecified atom stereocenters. The Balaban J connectivity index is 1.85. The first-order chi connectivity index (χ1) is 19.6. The zero-order valence-corrected chi connectivity index (χ0v) is 21.8. The summed E-state index contributed by atoms with van der Waals surface area (Å²) in [5.74, 6) is -0.911. The molecule has 0 spiro atoms. The molecule has 2 N–H and O–H groups in total. The summed E-state index contributed by atoms with van der Waals surface area (Å²) >= 11 is 0.961. The van der Waals surface area contributed by atoms with Crippen LogP contribution in [0.4, 0.5) is 52.7 Å². The van der Waals surface area contributed by atoms with Crippen LogP contribution in [0.15, 0.2) is 82.6 Å². The Morgan fingerprint density at radius 2 is 0.953 bits per heavy atom. The monoisotopic (exact) mass is 654 g/mol. The van der Waals surface area contributed by atoms with Crippen molar-refractivity contribution in [2.75, 3.05) is 13.2 Å². The Morgan fingerprint density at radius 3 is 1.40 bits per heavy atom. The van der Waals surface area contributed by atoms with E-state index in [1.54, 1.807) is 30.3 Å². The van der Waals surface area contributed by atoms with Crippen LogP contribution in [0.5, 0.6) is 11.5 Å². The highest BCUT2D eigenvalue weighted by atomic mass is 32.2. The van der Waals surface area contributed by atoms with E-state index >= 15 is 0 Å². The van der Waals surface area contributed by atoms with Gasteiger partial charge in [0, 0.05) is 9.79 Å². The first kappa shape index (κ1) is 34.2. The smallest absolute Gasteiger partial charge is 0.429 e. The van der Waals surface area contributed by atoms with Gasteiger partial charge >= 0.3 is 24.7 Å². The van der Waals surface area contributed by atoms with E-state index in [-0.39, 0.29) is 5.56 Å². The van der Waals surface area contributed by atoms with Crippen molar-refractivity contribution in [3.63, 3.8) is 0 Å². The number of halogens is 12. The molecule has 0 fully saturated rings. The van der Waals surface area contributed by atoms with Crippen LogP contribution in [0, 0.1) is 0 Å². The molecule has 3 aromatic rings. The van der Waals surface area contributed by atoms with Gasteiger partial charge < -0.3 is 19.7 Å². The van der Waals surface area contributed by atoms with Crippen LogP contribution in [0.1, 0.15) is 0 Å². The van der Waals surface area contributed by atoms with Gasteiger partial charge in [0.15, 0.2) is 0 Å². The summed E-state index contributed by atoms with van der Waals surface area (Å²) in [5.41, 5.74) is -9.58. The molecule has 0 radical (unpaired) electrons. The van der Waals surface area contributed by atoms with Crippen molar-refractivity contribution in [3.05, 3.63) is 72.8 Å². The molecule has 43 heavy (non-hydrogen) atoms. The van der Waals surface area contributed by atoms with E-state index < -0.39 is 60.6 Å². The zero-order chi connectivity index (χ0) is 32.5. The second-order valence-corrected chi connectivity index (χ2v) is 10.0. The summed E-state index contributed by atoms with van der Waals surface area (Å²) in [6.45, 7) is -4.37. The van der Waals surface area contributed by atoms with Gasteiger partial charge in [-0.15, -0.1) is 0 Å². The van der Waals surface area contributed by atoms with Gasteiger partial charge in [-0.3, -0.25) is 0 Å². The fraction of sp³-hybridized carbons (Fsp3) is 0.308. The standard InChI is InChI=1S/C26H18F12O4S/c27-23(28,29)21(39,24(30,31)32)13-41-16-6-9-18(10-7-16)43-20-11-8-17(12-19(20)15-4-2-1-3-5-15)42-14-22(40,25(33,34)35)26(36,37)38/h1-12,39-40H,13-14H2. The third kappa shape index (κ3) is 7.44. The van der Waals surface area contributed by atoms with Crippen LogP contribution in [0.25, 0.3) is 11.1 Å². The van der Waals surface area contributed by atoms with E-state index in [9.17, 15) is 62.9 Å². The first-order valence-corrected chi connectivity index (χ1v) is 12.4. The van der Waals surface area contributed by atoms with Gasteiger partial charge in [-0.25, -0.2) is 0 Å². The van der Waals surface area contributed by atoms with Crippen LogP contribution in [0.3, 0.4) is 0 Å². The Bertz CT molecular complexity index is 1340. The number of benzene rings is 3. The largest absolute Gasteiger partial charge is 0.490 e. The van der Waals surface area contributed by atoms with Gasteiger partial charge in [-0.1, -0.05) is 42.1 Å². The predicted molar refractivity (Wildman–Crippen MR) is 128 cm³/mol. The molecule has 0 aromatic heterocycles. The summed E-state index contributed by atoms with van der Waals surface area (Å²) in [6.07, 6.45) is -24.4. The van der Waals surface area contributed by atoms with E-state index in [0.29, 0.717) is 15.4 Å². The lowest BCUT2D eigenvalue weighted by Gasteiger charge is -2.32. The van der Waals surface area contributed by atoms with Gasteiger partial charge in [0.05, 0.1) is 0 Å². The third-order valence-corrected chi connectivity index (χ3v) is 6.94. The molecule has 0 aliphatic heterocycles. The lowest BCUT2D eigenvalue weighted by atomic mass is 10.0. The normalized spacial score (nSPS) is 13.6. The average Bonchev–Trinajstić information content (AvgIpc) is 2.89. The van der Waals surface area contributed by atoms with Crippen molar-refractivity contribution >= 4 is 11.8 Å². The van der Waals surface area contributed by atoms with Crippen molar-refractivity contribution in [2.24, 2.45) is 0 Å². The molecule has 0 heterocycles. The summed E-state index contributed by atoms with van der Waals surface area (Å²) in [7, 11) is 0. The van der Waals surface area contributed by atoms with Crippen LogP contribution in [-0.4, -0.2) is 59.3 Å². The number of aliphatic hydroxyl groups is 2. The highest BCUT2D eigenvalue weighted by Crippen LogP contribution is 2.45. The fourth-order valence-corrected chi connectivity index (χ4v) is 4.24. The van der Waals surface area contributed by atoms with Crippen molar-refractivity contribution in [2.45, 2.75) is 45.7 Å². The van der Waals surface area contributed by atoms with Gasteiger partial charge in [0.1, 0.15) is 24.7 Å². The van der Waals surface area contributed by atoms with Gasteiger partial charge in [0.2, 0.25) is 0 Å². The Kier molecular flexibility index (Phi) is 9.54. The summed E-state index contributed by atoms with van der Waals surface area (Å²) in [6, 6.07) is 15.9. The quantitative estimate of drug-likeness (QED) is 0.229. The molecule has 0 amide bonds. The minimum Gasteiger partial charge on any atom is -0.490 e. The second kappa shape index (κ2) is 12.0. The number of alkyl halides is 12. The van der Waals surface area contributed by atoms with Crippen LogP contribution >= 0.6 is 11.8 Å². The second-order valence-electron chi connectivity index (χ2n) is 8.89. The van der Waals surface area contributed by atoms with Crippen LogP contribution in [0.2, 0.25) is 0 Å². The van der Waals surface area contributed by atoms with Crippen molar-refractivity contribution in [1.29, 1.82) is 0 Å². The molecule has 0 atom stereocenters. The molecule has 3 aromatic carbocycles. The molecule has 3 rings (SSSR count). The summed E-state index contributed by atoms with van der Waals surface area (Å²) in [4.78, 5) is 0.696. The molecule has 0 saturated heterocycles. The van der Waals surface area contributed by atoms with Gasteiger partial charge in [-0.05, 0) is 53.6 Å². The molecular weight excluding hydrogens is 636 g/mol. The average molecular weight is 654 g/mol. The highest BCUT2D eigenvalue weighted by molar-refractivity contribution is 7.99. The van der Waals surface area contributed by atoms with Gasteiger partial charge in [-0.2, -0.15) is 52.7 Å². The first-order valence-electron chi connectivity index (χ1n) is 11.5. The Hall–Kier alpha value is -3.31. The highest BCUT2D eigenvalue weighted by Gasteiger charge is 2.72. The summed E-state index contributed by atoms with van der Waals surface area (Å²) < 4.78 is 164. The van der Waals surface area contributed by atoms with Crippen LogP contribution in [-0.2, 0) is 0 Å². The lowest BCUT2D eigenvalue weighted by molar-refractivity contribution is -0.374. The third-order valence-electron chi connectivity index (χ3n) is 5.86. The maximum absolute atomic E-state index is 13.0. The van der Waals surface area contributed by atoms with E-state index in [2.05, 4.69) is 4.74 Å². The number of hydrogen-bond donors (Lipinski definition) is 2. The fourth-order valence-electron chi connectivity index (χ4n) is 3.29. The SMILES string of the molecule is OC(COc1ccc(Sc2ccc(OCC(O)(C(F)(F)F)C(F)(F)F)cc2-c2ccccc2)cc1)(C(F)(F)F)C(F)(F)F. The number of rotatable bonds is 9. The van der Waals surface area contributed by atoms with Crippen molar-refractivity contribution in [3.8, 4) is 22.6 Å². The van der Waals surface area contributed by atoms with Crippen LogP contribution < -0.4 is 9.47 Å². The minimum absolute atomic E-state index is 0.256. The molecule has 17 heteroatoms. The number of ether oxygens (including phenoxy) is 2. The number of hydrogen-bond acceptors (Lipinski definition) is 5.